The van der Waals surface area contributed by atoms with E-state index in [2.05, 4.69) is 10.3 Å². The molecule has 0 unspecified atom stereocenters. The molecule has 122 valence electrons. The summed E-state index contributed by atoms with van der Waals surface area (Å²) in [6, 6.07) is 14.4. The van der Waals surface area contributed by atoms with Crippen molar-refractivity contribution < 1.29 is 9.59 Å². The van der Waals surface area contributed by atoms with Crippen LogP contribution in [0.2, 0.25) is 5.15 Å². The Morgan fingerprint density at radius 2 is 1.83 bits per heavy atom. The average molecular weight is 342 g/mol. The quantitative estimate of drug-likeness (QED) is 0.553. The first-order valence-electron chi connectivity index (χ1n) is 7.61. The number of pyridine rings is 1. The van der Waals surface area contributed by atoms with E-state index in [1.807, 2.05) is 30.3 Å². The number of carbonyl (C=O) groups is 2. The average Bonchev–Trinajstić information content (AvgIpc) is 3.03. The third-order valence-electron chi connectivity index (χ3n) is 3.63. The number of carbonyl (C=O) groups excluding carboxylic acids is 2. The Balaban J connectivity index is 1.52. The van der Waals surface area contributed by atoms with E-state index < -0.39 is 0 Å². The van der Waals surface area contributed by atoms with Crippen molar-refractivity contribution in [2.75, 3.05) is 0 Å². The summed E-state index contributed by atoms with van der Waals surface area (Å²) < 4.78 is 1.75. The summed E-state index contributed by atoms with van der Waals surface area (Å²) in [5, 5.41) is 3.34. The number of amides is 1. The lowest BCUT2D eigenvalue weighted by atomic mass is 10.1. The topological polar surface area (TPSA) is 63.5 Å². The number of Topliss-reactive ketones (excluding diaryl/α,β-unsaturated/α-hetero) is 1. The predicted octanol–water partition coefficient (Wildman–Crippen LogP) is 3.27. The molecule has 0 aliphatic rings. The summed E-state index contributed by atoms with van der Waals surface area (Å²) in [7, 11) is 0. The van der Waals surface area contributed by atoms with Crippen molar-refractivity contribution in [2.45, 2.75) is 19.4 Å². The van der Waals surface area contributed by atoms with Crippen molar-refractivity contribution in [1.29, 1.82) is 0 Å². The van der Waals surface area contributed by atoms with Gasteiger partial charge in [-0.3, -0.25) is 14.0 Å². The van der Waals surface area contributed by atoms with Crippen molar-refractivity contribution in [3.05, 3.63) is 71.1 Å². The molecule has 0 radical (unpaired) electrons. The normalized spacial score (nSPS) is 10.7. The number of imidazole rings is 1. The first-order valence-corrected chi connectivity index (χ1v) is 7.99. The molecular formula is C18H16ClN3O2. The fourth-order valence-electron chi connectivity index (χ4n) is 2.39. The van der Waals surface area contributed by atoms with E-state index in [4.69, 9.17) is 11.6 Å². The van der Waals surface area contributed by atoms with Crippen molar-refractivity contribution in [3.8, 4) is 0 Å². The summed E-state index contributed by atoms with van der Waals surface area (Å²) >= 11 is 6.07. The van der Waals surface area contributed by atoms with Crippen LogP contribution >= 0.6 is 11.6 Å². The standard InChI is InChI=1S/C18H16ClN3O2/c19-16-7-4-8-17-21-14(12-22(16)17)11-20-18(24)10-9-15(23)13-5-2-1-3-6-13/h1-8,12H,9-11H2,(H,20,24). The van der Waals surface area contributed by atoms with Gasteiger partial charge in [0.25, 0.3) is 0 Å². The van der Waals surface area contributed by atoms with E-state index in [1.165, 1.54) is 0 Å². The third kappa shape index (κ3) is 3.81. The molecule has 6 heteroatoms. The Morgan fingerprint density at radius 3 is 2.58 bits per heavy atom. The van der Waals surface area contributed by atoms with E-state index in [0.29, 0.717) is 23.0 Å². The van der Waals surface area contributed by atoms with Gasteiger partial charge in [0, 0.05) is 24.6 Å². The van der Waals surface area contributed by atoms with E-state index in [-0.39, 0.29) is 24.5 Å². The zero-order valence-corrected chi connectivity index (χ0v) is 13.7. The number of rotatable bonds is 6. The molecule has 2 aromatic heterocycles. The van der Waals surface area contributed by atoms with Gasteiger partial charge in [-0.2, -0.15) is 0 Å². The lowest BCUT2D eigenvalue weighted by molar-refractivity contribution is -0.121. The molecule has 2 heterocycles. The highest BCUT2D eigenvalue weighted by Gasteiger charge is 2.10. The van der Waals surface area contributed by atoms with Gasteiger partial charge in [-0.25, -0.2) is 4.98 Å². The Kier molecular flexibility index (Phi) is 4.91. The molecule has 1 N–H and O–H groups in total. The molecule has 3 aromatic rings. The van der Waals surface area contributed by atoms with E-state index in [1.54, 1.807) is 28.8 Å². The van der Waals surface area contributed by atoms with Crippen molar-refractivity contribution in [3.63, 3.8) is 0 Å². The van der Waals surface area contributed by atoms with Crippen LogP contribution in [0, 0.1) is 0 Å². The number of halogens is 1. The van der Waals surface area contributed by atoms with Crippen LogP contribution in [0.5, 0.6) is 0 Å². The first-order chi connectivity index (χ1) is 11.6. The maximum atomic E-state index is 12.0. The largest absolute Gasteiger partial charge is 0.350 e. The van der Waals surface area contributed by atoms with Crippen LogP contribution in [-0.2, 0) is 11.3 Å². The summed E-state index contributed by atoms with van der Waals surface area (Å²) in [5.41, 5.74) is 2.07. The Hall–Kier alpha value is -2.66. The van der Waals surface area contributed by atoms with E-state index >= 15 is 0 Å². The molecule has 5 nitrogen and oxygen atoms in total. The van der Waals surface area contributed by atoms with Crippen LogP contribution in [0.3, 0.4) is 0 Å². The van der Waals surface area contributed by atoms with Gasteiger partial charge in [0.05, 0.1) is 12.2 Å². The van der Waals surface area contributed by atoms with Crippen LogP contribution < -0.4 is 5.32 Å². The molecule has 0 saturated heterocycles. The number of hydrogen-bond donors (Lipinski definition) is 1. The molecule has 1 aromatic carbocycles. The summed E-state index contributed by atoms with van der Waals surface area (Å²) in [5.74, 6) is -0.215. The molecule has 0 bridgehead atoms. The smallest absolute Gasteiger partial charge is 0.220 e. The van der Waals surface area contributed by atoms with E-state index in [0.717, 1.165) is 5.65 Å². The van der Waals surface area contributed by atoms with Gasteiger partial charge < -0.3 is 5.32 Å². The van der Waals surface area contributed by atoms with Crippen LogP contribution in [0.25, 0.3) is 5.65 Å². The molecule has 0 aliphatic carbocycles. The molecule has 0 atom stereocenters. The number of nitrogens with one attached hydrogen (secondary N) is 1. The lowest BCUT2D eigenvalue weighted by Crippen LogP contribution is -2.23. The molecule has 0 aliphatic heterocycles. The van der Waals surface area contributed by atoms with Crippen LogP contribution in [0.15, 0.2) is 54.7 Å². The van der Waals surface area contributed by atoms with Gasteiger partial charge in [0.1, 0.15) is 10.8 Å². The van der Waals surface area contributed by atoms with Crippen molar-refractivity contribution >= 4 is 28.9 Å². The van der Waals surface area contributed by atoms with Crippen LogP contribution in [0.4, 0.5) is 0 Å². The second-order valence-electron chi connectivity index (χ2n) is 5.37. The molecular weight excluding hydrogens is 326 g/mol. The SMILES string of the molecule is O=C(CCC(=O)c1ccccc1)NCc1cn2c(Cl)cccc2n1. The van der Waals surface area contributed by atoms with Gasteiger partial charge in [-0.05, 0) is 12.1 Å². The zero-order chi connectivity index (χ0) is 16.9. The minimum absolute atomic E-state index is 0.0368. The Bertz CT molecular complexity index is 874. The van der Waals surface area contributed by atoms with Gasteiger partial charge in [0.15, 0.2) is 5.78 Å². The van der Waals surface area contributed by atoms with Gasteiger partial charge in [-0.15, -0.1) is 0 Å². The molecule has 0 spiro atoms. The molecule has 1 amide bonds. The molecule has 24 heavy (non-hydrogen) atoms. The molecule has 3 rings (SSSR count). The maximum absolute atomic E-state index is 12.0. The third-order valence-corrected chi connectivity index (χ3v) is 3.94. The van der Waals surface area contributed by atoms with Crippen molar-refractivity contribution in [2.24, 2.45) is 0 Å². The Labute approximate surface area is 144 Å². The summed E-state index contributed by atoms with van der Waals surface area (Å²) in [4.78, 5) is 28.3. The van der Waals surface area contributed by atoms with E-state index in [9.17, 15) is 9.59 Å². The number of benzene rings is 1. The molecule has 0 fully saturated rings. The monoisotopic (exact) mass is 341 g/mol. The number of nitrogens with zero attached hydrogens (tertiary/aromatic N) is 2. The first kappa shape index (κ1) is 16.2. The van der Waals surface area contributed by atoms with Crippen LogP contribution in [0.1, 0.15) is 28.9 Å². The highest BCUT2D eigenvalue weighted by Crippen LogP contribution is 2.13. The zero-order valence-electron chi connectivity index (χ0n) is 12.9. The predicted molar refractivity (Wildman–Crippen MR) is 92.1 cm³/mol. The summed E-state index contributed by atoms with van der Waals surface area (Å²) in [6.45, 7) is 0.302. The maximum Gasteiger partial charge on any atom is 0.220 e. The van der Waals surface area contributed by atoms with Gasteiger partial charge in [-0.1, -0.05) is 48.0 Å². The lowest BCUT2D eigenvalue weighted by Gasteiger charge is -2.03. The number of aromatic nitrogens is 2. The highest BCUT2D eigenvalue weighted by atomic mass is 35.5. The van der Waals surface area contributed by atoms with Crippen LogP contribution in [-0.4, -0.2) is 21.1 Å². The van der Waals surface area contributed by atoms with Gasteiger partial charge >= 0.3 is 0 Å². The second-order valence-corrected chi connectivity index (χ2v) is 5.76. The minimum Gasteiger partial charge on any atom is -0.350 e. The fourth-order valence-corrected chi connectivity index (χ4v) is 2.59. The minimum atomic E-state index is -0.178. The highest BCUT2D eigenvalue weighted by molar-refractivity contribution is 6.29. The van der Waals surface area contributed by atoms with Crippen molar-refractivity contribution in [1.82, 2.24) is 14.7 Å². The second kappa shape index (κ2) is 7.27. The molecule has 0 saturated carbocycles. The number of fused-ring (bicyclic) bond motifs is 1. The number of ketones is 1. The van der Waals surface area contributed by atoms with Gasteiger partial charge in [0.2, 0.25) is 5.91 Å². The summed E-state index contributed by atoms with van der Waals surface area (Å²) in [6.07, 6.45) is 2.13. The Morgan fingerprint density at radius 1 is 1.04 bits per heavy atom. The number of hydrogen-bond acceptors (Lipinski definition) is 3. The fraction of sp³-hybridized carbons (Fsp3) is 0.167.